The van der Waals surface area contributed by atoms with Crippen molar-refractivity contribution >= 4 is 0 Å². The Morgan fingerprint density at radius 2 is 2.12 bits per heavy atom. The molecule has 0 aliphatic rings. The van der Waals surface area contributed by atoms with Crippen molar-refractivity contribution in [1.82, 2.24) is 20.1 Å². The summed E-state index contributed by atoms with van der Waals surface area (Å²) in [5.41, 5.74) is 0.282. The number of hydrogen-bond acceptors (Lipinski definition) is 3. The van der Waals surface area contributed by atoms with Crippen molar-refractivity contribution < 1.29 is 0 Å². The predicted molar refractivity (Wildman–Crippen MR) is 70.9 cm³/mol. The number of rotatable bonds is 6. The molecule has 4 nitrogen and oxygen atoms in total. The number of nitrogens with one attached hydrogen (secondary N) is 1. The molecule has 0 fully saturated rings. The van der Waals surface area contributed by atoms with Gasteiger partial charge in [0.25, 0.3) is 0 Å². The van der Waals surface area contributed by atoms with Gasteiger partial charge >= 0.3 is 0 Å². The van der Waals surface area contributed by atoms with E-state index in [2.05, 4.69) is 43.1 Å². The first-order valence-corrected chi connectivity index (χ1v) is 6.53. The van der Waals surface area contributed by atoms with E-state index in [0.29, 0.717) is 6.04 Å². The summed E-state index contributed by atoms with van der Waals surface area (Å²) in [6.45, 7) is 9.94. The molecule has 1 unspecified atom stereocenters. The van der Waals surface area contributed by atoms with Gasteiger partial charge in [-0.1, -0.05) is 27.7 Å². The molecule has 0 saturated heterocycles. The SMILES string of the molecule is CCCn1ncnc1CCC(NC)C(C)(C)C. The number of hydrogen-bond donors (Lipinski definition) is 1. The molecule has 0 aliphatic carbocycles. The van der Waals surface area contributed by atoms with E-state index in [-0.39, 0.29) is 5.41 Å². The first-order valence-electron chi connectivity index (χ1n) is 6.53. The summed E-state index contributed by atoms with van der Waals surface area (Å²) < 4.78 is 2.02. The Bertz CT molecular complexity index is 324. The van der Waals surface area contributed by atoms with Crippen molar-refractivity contribution in [2.75, 3.05) is 7.05 Å². The predicted octanol–water partition coefficient (Wildman–Crippen LogP) is 2.25. The highest BCUT2D eigenvalue weighted by Crippen LogP contribution is 2.22. The fraction of sp³-hybridized carbons (Fsp3) is 0.846. The minimum atomic E-state index is 0.282. The number of aromatic nitrogens is 3. The van der Waals surface area contributed by atoms with Crippen LogP contribution in [0.3, 0.4) is 0 Å². The average molecular weight is 238 g/mol. The molecule has 1 rings (SSSR count). The summed E-state index contributed by atoms with van der Waals surface area (Å²) in [5.74, 6) is 1.11. The van der Waals surface area contributed by atoms with Crippen molar-refractivity contribution in [3.8, 4) is 0 Å². The van der Waals surface area contributed by atoms with Gasteiger partial charge in [-0.05, 0) is 25.3 Å². The Morgan fingerprint density at radius 3 is 2.65 bits per heavy atom. The van der Waals surface area contributed by atoms with E-state index in [1.165, 1.54) is 0 Å². The molecule has 1 aromatic rings. The Hall–Kier alpha value is -0.900. The van der Waals surface area contributed by atoms with Crippen molar-refractivity contribution in [2.45, 2.75) is 59.5 Å². The third-order valence-electron chi connectivity index (χ3n) is 3.18. The molecular formula is C13H26N4. The maximum Gasteiger partial charge on any atom is 0.138 e. The lowest BCUT2D eigenvalue weighted by Crippen LogP contribution is -2.38. The largest absolute Gasteiger partial charge is 0.316 e. The van der Waals surface area contributed by atoms with Crippen LogP contribution in [0.25, 0.3) is 0 Å². The Kier molecular flexibility index (Phi) is 5.12. The van der Waals surface area contributed by atoms with Crippen LogP contribution in [0.5, 0.6) is 0 Å². The number of nitrogens with zero attached hydrogens (tertiary/aromatic N) is 3. The monoisotopic (exact) mass is 238 g/mol. The Morgan fingerprint density at radius 1 is 1.41 bits per heavy atom. The van der Waals surface area contributed by atoms with Gasteiger partial charge in [0.1, 0.15) is 12.2 Å². The van der Waals surface area contributed by atoms with E-state index >= 15 is 0 Å². The van der Waals surface area contributed by atoms with Gasteiger partial charge in [-0.3, -0.25) is 4.68 Å². The summed E-state index contributed by atoms with van der Waals surface area (Å²) in [5, 5.41) is 7.66. The van der Waals surface area contributed by atoms with Crippen molar-refractivity contribution in [1.29, 1.82) is 0 Å². The summed E-state index contributed by atoms with van der Waals surface area (Å²) in [4.78, 5) is 4.35. The zero-order chi connectivity index (χ0) is 12.9. The first kappa shape index (κ1) is 14.2. The minimum Gasteiger partial charge on any atom is -0.316 e. The average Bonchev–Trinajstić information content (AvgIpc) is 2.65. The number of aryl methyl sites for hydroxylation is 2. The second-order valence-electron chi connectivity index (χ2n) is 5.65. The lowest BCUT2D eigenvalue weighted by Gasteiger charge is -2.30. The third kappa shape index (κ3) is 4.11. The molecule has 0 aromatic carbocycles. The van der Waals surface area contributed by atoms with Crippen LogP contribution in [0.4, 0.5) is 0 Å². The van der Waals surface area contributed by atoms with Gasteiger partial charge in [0.2, 0.25) is 0 Å². The van der Waals surface area contributed by atoms with Crippen LogP contribution in [0.1, 0.15) is 46.4 Å². The standard InChI is InChI=1S/C13H26N4/c1-6-9-17-12(15-10-16-17)8-7-11(14-5)13(2,3)4/h10-11,14H,6-9H2,1-5H3. The topological polar surface area (TPSA) is 42.7 Å². The molecule has 0 bridgehead atoms. The Labute approximate surface area is 105 Å². The van der Waals surface area contributed by atoms with Crippen LogP contribution in [-0.2, 0) is 13.0 Å². The maximum absolute atomic E-state index is 4.35. The summed E-state index contributed by atoms with van der Waals surface area (Å²) in [6.07, 6.45) is 4.85. The highest BCUT2D eigenvalue weighted by molar-refractivity contribution is 4.89. The molecule has 1 aromatic heterocycles. The summed E-state index contributed by atoms with van der Waals surface area (Å²) in [7, 11) is 2.03. The van der Waals surface area contributed by atoms with Crippen LogP contribution >= 0.6 is 0 Å². The molecule has 1 atom stereocenters. The van der Waals surface area contributed by atoms with Gasteiger partial charge in [0, 0.05) is 19.0 Å². The molecule has 0 aliphatic heterocycles. The lowest BCUT2D eigenvalue weighted by molar-refractivity contribution is 0.266. The van der Waals surface area contributed by atoms with E-state index in [0.717, 1.165) is 31.6 Å². The van der Waals surface area contributed by atoms with Crippen LogP contribution < -0.4 is 5.32 Å². The second kappa shape index (κ2) is 6.15. The van der Waals surface area contributed by atoms with Crippen molar-refractivity contribution in [3.63, 3.8) is 0 Å². The molecule has 0 saturated carbocycles. The summed E-state index contributed by atoms with van der Waals surface area (Å²) >= 11 is 0. The fourth-order valence-corrected chi connectivity index (χ4v) is 2.16. The fourth-order valence-electron chi connectivity index (χ4n) is 2.16. The van der Waals surface area contributed by atoms with Crippen molar-refractivity contribution in [2.24, 2.45) is 5.41 Å². The molecule has 1 N–H and O–H groups in total. The van der Waals surface area contributed by atoms with Gasteiger partial charge in [-0.15, -0.1) is 0 Å². The molecule has 0 amide bonds. The summed E-state index contributed by atoms with van der Waals surface area (Å²) in [6, 6.07) is 0.509. The highest BCUT2D eigenvalue weighted by Gasteiger charge is 2.23. The highest BCUT2D eigenvalue weighted by atomic mass is 15.3. The van der Waals surface area contributed by atoms with Crippen molar-refractivity contribution in [3.05, 3.63) is 12.2 Å². The van der Waals surface area contributed by atoms with Gasteiger partial charge in [0.05, 0.1) is 0 Å². The minimum absolute atomic E-state index is 0.282. The zero-order valence-electron chi connectivity index (χ0n) is 11.8. The van der Waals surface area contributed by atoms with E-state index in [9.17, 15) is 0 Å². The molecule has 0 spiro atoms. The smallest absolute Gasteiger partial charge is 0.138 e. The van der Waals surface area contributed by atoms with Crippen LogP contribution in [0, 0.1) is 5.41 Å². The van der Waals surface area contributed by atoms with E-state index < -0.39 is 0 Å². The van der Waals surface area contributed by atoms with Gasteiger partial charge in [-0.2, -0.15) is 5.10 Å². The molecule has 1 heterocycles. The quantitative estimate of drug-likeness (QED) is 0.826. The maximum atomic E-state index is 4.35. The van der Waals surface area contributed by atoms with E-state index in [1.807, 2.05) is 11.7 Å². The Balaban J connectivity index is 2.57. The van der Waals surface area contributed by atoms with Crippen LogP contribution in [0.15, 0.2) is 6.33 Å². The molecule has 17 heavy (non-hydrogen) atoms. The third-order valence-corrected chi connectivity index (χ3v) is 3.18. The van der Waals surface area contributed by atoms with E-state index in [1.54, 1.807) is 6.33 Å². The van der Waals surface area contributed by atoms with Crippen LogP contribution in [-0.4, -0.2) is 27.9 Å². The van der Waals surface area contributed by atoms with Gasteiger partial charge in [-0.25, -0.2) is 4.98 Å². The molecular weight excluding hydrogens is 212 g/mol. The molecule has 0 radical (unpaired) electrons. The van der Waals surface area contributed by atoms with Crippen LogP contribution in [0.2, 0.25) is 0 Å². The molecule has 98 valence electrons. The second-order valence-corrected chi connectivity index (χ2v) is 5.65. The van der Waals surface area contributed by atoms with Gasteiger partial charge in [0.15, 0.2) is 0 Å². The lowest BCUT2D eigenvalue weighted by atomic mass is 9.84. The normalized spacial score (nSPS) is 13.9. The zero-order valence-corrected chi connectivity index (χ0v) is 11.8. The van der Waals surface area contributed by atoms with E-state index in [4.69, 9.17) is 0 Å². The van der Waals surface area contributed by atoms with Gasteiger partial charge < -0.3 is 5.32 Å². The molecule has 4 heteroatoms. The first-order chi connectivity index (χ1) is 7.99.